The molecule has 1 heterocycles. The van der Waals surface area contributed by atoms with Crippen LogP contribution in [0.4, 0.5) is 0 Å². The molecule has 0 aliphatic heterocycles. The van der Waals surface area contributed by atoms with Crippen molar-refractivity contribution in [3.63, 3.8) is 0 Å². The molecule has 0 radical (unpaired) electrons. The predicted molar refractivity (Wildman–Crippen MR) is 209 cm³/mol. The minimum absolute atomic E-state index is 0.542. The molecule has 0 unspecified atom stereocenters. The van der Waals surface area contributed by atoms with Gasteiger partial charge in [0.2, 0.25) is 0 Å². The average Bonchev–Trinajstić information content (AvgIpc) is 3.66. The van der Waals surface area contributed by atoms with Crippen LogP contribution in [-0.4, -0.2) is 17.5 Å². The van der Waals surface area contributed by atoms with Crippen molar-refractivity contribution in [2.75, 3.05) is 7.05 Å². The molecular weight excluding hydrogens is 583 g/mol. The topological polar surface area (TPSA) is 43.3 Å². The highest BCUT2D eigenvalue weighted by Crippen LogP contribution is 2.52. The van der Waals surface area contributed by atoms with Crippen LogP contribution in [0.1, 0.15) is 25.0 Å². The van der Waals surface area contributed by atoms with E-state index in [1.165, 1.54) is 66.0 Å². The number of aliphatic imine (C=N–C) groups is 1. The smallest absolute Gasteiger partial charge is 0.125 e. The molecule has 3 heteroatoms. The van der Waals surface area contributed by atoms with Gasteiger partial charge in [0.1, 0.15) is 5.84 Å². The van der Waals surface area contributed by atoms with Crippen LogP contribution in [0.15, 0.2) is 169 Å². The van der Waals surface area contributed by atoms with E-state index in [1.54, 1.807) is 13.1 Å². The molecule has 0 spiro atoms. The third-order valence-corrected chi connectivity index (χ3v) is 8.79. The Balaban J connectivity index is 0.000000227. The Hall–Kier alpha value is -5.93. The van der Waals surface area contributed by atoms with E-state index in [0.717, 1.165) is 17.7 Å². The molecule has 0 bridgehead atoms. The van der Waals surface area contributed by atoms with E-state index < -0.39 is 0 Å². The Kier molecular flexibility index (Phi) is 9.50. The first kappa shape index (κ1) is 32.0. The lowest BCUT2D eigenvalue weighted by Crippen LogP contribution is -2.13. The molecule has 0 fully saturated rings. The van der Waals surface area contributed by atoms with Gasteiger partial charge in [0.05, 0.1) is 11.0 Å². The molecule has 1 aromatic heterocycles. The molecule has 0 saturated heterocycles. The van der Waals surface area contributed by atoms with Gasteiger partial charge >= 0.3 is 0 Å². The summed E-state index contributed by atoms with van der Waals surface area (Å²) in [5, 5.41) is 5.21. The Labute approximate surface area is 283 Å². The van der Waals surface area contributed by atoms with Crippen molar-refractivity contribution in [2.45, 2.75) is 20.3 Å². The minimum Gasteiger partial charge on any atom is -0.384 e. The first-order valence-electron chi connectivity index (χ1n) is 16.5. The zero-order valence-electron chi connectivity index (χ0n) is 27.9. The first-order chi connectivity index (χ1) is 23.6. The fourth-order valence-electron chi connectivity index (χ4n) is 6.73. The summed E-state index contributed by atoms with van der Waals surface area (Å²) in [5.74, 6) is 0.542. The number of hydrogen-bond donors (Lipinski definition) is 1. The maximum atomic E-state index is 6.15. The summed E-state index contributed by atoms with van der Waals surface area (Å²) in [5.41, 5.74) is 18.3. The standard InChI is InChI=1S/C30H21N3.C13H14.C2H6/c1-32-30(31)19-9-4-10-20(17-19)33-25-14-3-2-11-23(25)29-26(33)16-15-22-21-12-5-7-18-8-6-13-24(27(18)21)28(22)29;1-3-8-12(4-2)11-13-9-6-5-7-10-13;1-2/h2-17H,1H3,(H2,31,32);3-10H,1-2,11H2;1-2H3/b;12-8+;. The second kappa shape index (κ2) is 14.2. The number of fused-ring (bicyclic) bond motifs is 7. The van der Waals surface area contributed by atoms with Gasteiger partial charge in [-0.25, -0.2) is 0 Å². The number of para-hydroxylation sites is 1. The van der Waals surface area contributed by atoms with Gasteiger partial charge in [0.15, 0.2) is 0 Å². The molecule has 0 amide bonds. The van der Waals surface area contributed by atoms with Gasteiger partial charge in [-0.1, -0.05) is 148 Å². The van der Waals surface area contributed by atoms with Crippen LogP contribution >= 0.6 is 0 Å². The Morgan fingerprint density at radius 3 is 2.15 bits per heavy atom. The van der Waals surface area contributed by atoms with Gasteiger partial charge in [0, 0.05) is 34.6 Å². The predicted octanol–water partition coefficient (Wildman–Crippen LogP) is 11.5. The number of allylic oxidation sites excluding steroid dienone is 4. The van der Waals surface area contributed by atoms with Crippen LogP contribution in [0.5, 0.6) is 0 Å². The number of hydrogen-bond acceptors (Lipinski definition) is 1. The highest BCUT2D eigenvalue weighted by molar-refractivity contribution is 6.26. The van der Waals surface area contributed by atoms with Crippen molar-refractivity contribution in [1.82, 2.24) is 4.57 Å². The molecule has 2 N–H and O–H groups in total. The van der Waals surface area contributed by atoms with E-state index in [2.05, 4.69) is 120 Å². The number of aromatic nitrogens is 1. The van der Waals surface area contributed by atoms with Crippen LogP contribution in [0.2, 0.25) is 0 Å². The van der Waals surface area contributed by atoms with Crippen molar-refractivity contribution in [3.05, 3.63) is 175 Å². The van der Waals surface area contributed by atoms with Crippen LogP contribution in [0, 0.1) is 0 Å². The molecular formula is C45H41N3. The normalized spacial score (nSPS) is 11.8. The van der Waals surface area contributed by atoms with E-state index >= 15 is 0 Å². The van der Waals surface area contributed by atoms with Gasteiger partial charge in [-0.05, 0) is 69.3 Å². The molecule has 1 aliphatic rings. The second-order valence-electron chi connectivity index (χ2n) is 11.4. The fraction of sp³-hybridized carbons (Fsp3) is 0.0889. The number of amidine groups is 1. The van der Waals surface area contributed by atoms with E-state index in [-0.39, 0.29) is 0 Å². The van der Waals surface area contributed by atoms with Crippen molar-refractivity contribution < 1.29 is 0 Å². The fourth-order valence-corrected chi connectivity index (χ4v) is 6.73. The highest BCUT2D eigenvalue weighted by atomic mass is 15.0. The first-order valence-corrected chi connectivity index (χ1v) is 16.5. The summed E-state index contributed by atoms with van der Waals surface area (Å²) >= 11 is 0. The van der Waals surface area contributed by atoms with Gasteiger partial charge < -0.3 is 10.3 Å². The summed E-state index contributed by atoms with van der Waals surface area (Å²) in [4.78, 5) is 4.18. The SMILES string of the molecule is C=C/C=C(\C=C)Cc1ccccc1.CC.CN=C(N)c1cccc(-n2c3ccccc3c3c4c(ccc32)-c2cccc3cccc-4c23)c1. The second-order valence-corrected chi connectivity index (χ2v) is 11.4. The highest BCUT2D eigenvalue weighted by Gasteiger charge is 2.26. The number of rotatable bonds is 6. The molecule has 0 saturated carbocycles. The summed E-state index contributed by atoms with van der Waals surface area (Å²) in [6.45, 7) is 11.4. The van der Waals surface area contributed by atoms with Crippen LogP contribution in [0.25, 0.3) is 60.5 Å². The Morgan fingerprint density at radius 1 is 0.708 bits per heavy atom. The molecule has 6 aromatic carbocycles. The van der Waals surface area contributed by atoms with Crippen molar-refractivity contribution in [1.29, 1.82) is 0 Å². The molecule has 48 heavy (non-hydrogen) atoms. The quantitative estimate of drug-likeness (QED) is 0.112. The average molecular weight is 624 g/mol. The summed E-state index contributed by atoms with van der Waals surface area (Å²) < 4.78 is 2.35. The van der Waals surface area contributed by atoms with Gasteiger partial charge in [0.25, 0.3) is 0 Å². The third-order valence-electron chi connectivity index (χ3n) is 8.79. The Bertz CT molecular complexity index is 2330. The van der Waals surface area contributed by atoms with Crippen molar-refractivity contribution in [3.8, 4) is 27.9 Å². The van der Waals surface area contributed by atoms with E-state index in [0.29, 0.717) is 5.84 Å². The number of nitrogens with two attached hydrogens (primary N) is 1. The van der Waals surface area contributed by atoms with Crippen LogP contribution in [0.3, 0.4) is 0 Å². The number of benzene rings is 6. The van der Waals surface area contributed by atoms with E-state index in [1.807, 2.05) is 56.3 Å². The maximum absolute atomic E-state index is 6.15. The Morgan fingerprint density at radius 2 is 1.42 bits per heavy atom. The monoisotopic (exact) mass is 623 g/mol. The van der Waals surface area contributed by atoms with Gasteiger partial charge in [-0.2, -0.15) is 0 Å². The lowest BCUT2D eigenvalue weighted by Gasteiger charge is -2.11. The van der Waals surface area contributed by atoms with E-state index in [4.69, 9.17) is 5.73 Å². The zero-order valence-corrected chi connectivity index (χ0v) is 27.9. The molecule has 236 valence electrons. The van der Waals surface area contributed by atoms with E-state index in [9.17, 15) is 0 Å². The molecule has 8 rings (SSSR count). The summed E-state index contributed by atoms with van der Waals surface area (Å²) in [7, 11) is 1.73. The summed E-state index contributed by atoms with van der Waals surface area (Å²) in [6, 6.07) is 45.2. The minimum atomic E-state index is 0.542. The molecule has 7 aromatic rings. The molecule has 0 atom stereocenters. The summed E-state index contributed by atoms with van der Waals surface area (Å²) in [6.07, 6.45) is 6.57. The van der Waals surface area contributed by atoms with Crippen LogP contribution < -0.4 is 5.73 Å². The van der Waals surface area contributed by atoms with Gasteiger partial charge in [-0.15, -0.1) is 0 Å². The largest absolute Gasteiger partial charge is 0.384 e. The maximum Gasteiger partial charge on any atom is 0.125 e. The van der Waals surface area contributed by atoms with Crippen LogP contribution in [-0.2, 0) is 6.42 Å². The van der Waals surface area contributed by atoms with Gasteiger partial charge in [-0.3, -0.25) is 4.99 Å². The van der Waals surface area contributed by atoms with Crippen molar-refractivity contribution >= 4 is 38.4 Å². The molecule has 1 aliphatic carbocycles. The number of nitrogens with zero attached hydrogens (tertiary/aromatic N) is 2. The lowest BCUT2D eigenvalue weighted by molar-refractivity contribution is 1.18. The lowest BCUT2D eigenvalue weighted by atomic mass is 9.98. The van der Waals surface area contributed by atoms with Crippen molar-refractivity contribution in [2.24, 2.45) is 10.7 Å². The third kappa shape index (κ3) is 5.76. The molecule has 3 nitrogen and oxygen atoms in total. The zero-order chi connectivity index (χ0) is 33.6.